The van der Waals surface area contributed by atoms with Crippen LogP contribution in [0.4, 0.5) is 10.2 Å². The summed E-state index contributed by atoms with van der Waals surface area (Å²) in [6.07, 6.45) is 6.84. The highest BCUT2D eigenvalue weighted by Gasteiger charge is 2.48. The maximum Gasteiger partial charge on any atom is 0.263 e. The van der Waals surface area contributed by atoms with Crippen LogP contribution in [0.5, 0.6) is 5.75 Å². The zero-order valence-electron chi connectivity index (χ0n) is 22.1. The fourth-order valence-corrected chi connectivity index (χ4v) is 7.47. The monoisotopic (exact) mass is 708 g/mol. The lowest BCUT2D eigenvalue weighted by Crippen LogP contribution is -2.50. The molecule has 0 unspecified atom stereocenters. The van der Waals surface area contributed by atoms with E-state index in [0.29, 0.717) is 33.0 Å². The molecule has 6 rings (SSSR count). The first-order valence-corrected chi connectivity index (χ1v) is 15.5. The van der Waals surface area contributed by atoms with Gasteiger partial charge in [0, 0.05) is 29.4 Å². The molecule has 4 heterocycles. The summed E-state index contributed by atoms with van der Waals surface area (Å²) < 4.78 is 26.4. The predicted octanol–water partition coefficient (Wildman–Crippen LogP) is 4.89. The lowest BCUT2D eigenvalue weighted by molar-refractivity contribution is 0.127. The quantitative estimate of drug-likeness (QED) is 0.221. The van der Waals surface area contributed by atoms with Gasteiger partial charge in [-0.3, -0.25) is 9.36 Å². The Morgan fingerprint density at radius 1 is 1.22 bits per heavy atom. The molecule has 4 aromatic rings. The molecule has 0 amide bonds. The van der Waals surface area contributed by atoms with Gasteiger partial charge in [-0.15, -0.1) is 0 Å². The van der Waals surface area contributed by atoms with E-state index in [9.17, 15) is 9.18 Å². The third-order valence-electron chi connectivity index (χ3n) is 7.90. The van der Waals surface area contributed by atoms with Crippen molar-refractivity contribution in [3.05, 3.63) is 75.8 Å². The highest BCUT2D eigenvalue weighted by atomic mass is 127. The minimum atomic E-state index is -0.498. The van der Waals surface area contributed by atoms with Gasteiger partial charge in [0.2, 0.25) is 0 Å². The summed E-state index contributed by atoms with van der Waals surface area (Å²) in [6.45, 7) is 2.55. The van der Waals surface area contributed by atoms with Gasteiger partial charge in [0.05, 0.1) is 54.9 Å². The highest BCUT2D eigenvalue weighted by molar-refractivity contribution is 14.1. The molecule has 2 fully saturated rings. The van der Waals surface area contributed by atoms with E-state index in [1.165, 1.54) is 41.9 Å². The van der Waals surface area contributed by atoms with Gasteiger partial charge in [-0.2, -0.15) is 0 Å². The first-order chi connectivity index (χ1) is 19.8. The molecule has 13 heteroatoms. The standard InChI is InChI=1S/C28H27ClFIN6O3S/c1-39-19-4-2-16(10-17(19)30)13-37-15-35-18-3-5-20(24(29)23(18)27(37)38)41-22-12-33-21(11-34-22)36-8-6-28(7-9-36)14-40-26(31)25(28)32/h2-5,10-12,15,25-26H,6-9,13-14,32H2,1H3/t25-,26-/m1/s1. The number of ether oxygens (including phenoxy) is 2. The van der Waals surface area contributed by atoms with Crippen molar-refractivity contribution in [2.75, 3.05) is 31.7 Å². The van der Waals surface area contributed by atoms with Gasteiger partial charge in [0.15, 0.2) is 11.6 Å². The Morgan fingerprint density at radius 2 is 2.02 bits per heavy atom. The molecule has 2 aliphatic heterocycles. The van der Waals surface area contributed by atoms with Gasteiger partial charge in [0.1, 0.15) is 15.0 Å². The third kappa shape index (κ3) is 5.52. The number of aromatic nitrogens is 4. The van der Waals surface area contributed by atoms with Crippen LogP contribution in [0, 0.1) is 11.2 Å². The van der Waals surface area contributed by atoms with Gasteiger partial charge in [0.25, 0.3) is 5.56 Å². The van der Waals surface area contributed by atoms with Crippen LogP contribution in [0.25, 0.3) is 10.9 Å². The first kappa shape index (κ1) is 28.6. The Hall–Kier alpha value is -2.52. The Morgan fingerprint density at radius 3 is 2.68 bits per heavy atom. The van der Waals surface area contributed by atoms with E-state index in [4.69, 9.17) is 26.8 Å². The maximum atomic E-state index is 14.2. The molecule has 2 aromatic carbocycles. The molecule has 0 radical (unpaired) electrons. The number of benzene rings is 2. The number of anilines is 1. The lowest BCUT2D eigenvalue weighted by atomic mass is 9.75. The molecular formula is C28H27ClFIN6O3S. The van der Waals surface area contributed by atoms with Gasteiger partial charge >= 0.3 is 0 Å². The predicted molar refractivity (Wildman–Crippen MR) is 165 cm³/mol. The lowest BCUT2D eigenvalue weighted by Gasteiger charge is -2.41. The number of hydrogen-bond acceptors (Lipinski definition) is 9. The van der Waals surface area contributed by atoms with Crippen LogP contribution in [-0.4, -0.2) is 56.5 Å². The molecule has 2 aromatic heterocycles. The summed E-state index contributed by atoms with van der Waals surface area (Å²) in [5.74, 6) is 0.456. The van der Waals surface area contributed by atoms with Crippen LogP contribution >= 0.6 is 46.0 Å². The Balaban J connectivity index is 1.18. The number of fused-ring (bicyclic) bond motifs is 1. The normalized spacial score (nSPS) is 20.2. The van der Waals surface area contributed by atoms with Crippen LogP contribution in [-0.2, 0) is 11.3 Å². The van der Waals surface area contributed by atoms with E-state index >= 15 is 0 Å². The van der Waals surface area contributed by atoms with Gasteiger partial charge < -0.3 is 20.1 Å². The summed E-state index contributed by atoms with van der Waals surface area (Å²) in [5, 5.41) is 1.24. The van der Waals surface area contributed by atoms with Crippen LogP contribution in [0.2, 0.25) is 5.02 Å². The van der Waals surface area contributed by atoms with E-state index in [2.05, 4.69) is 42.4 Å². The Kier molecular flexibility index (Phi) is 8.11. The van der Waals surface area contributed by atoms with E-state index in [1.807, 2.05) is 6.07 Å². The fraction of sp³-hybridized carbons (Fsp3) is 0.357. The average Bonchev–Trinajstić information content (AvgIpc) is 3.25. The molecule has 0 aliphatic carbocycles. The van der Waals surface area contributed by atoms with Crippen molar-refractivity contribution in [3.8, 4) is 5.75 Å². The number of rotatable bonds is 6. The number of hydrogen-bond donors (Lipinski definition) is 1. The topological polar surface area (TPSA) is 108 Å². The molecule has 1 spiro atoms. The number of piperidine rings is 1. The summed E-state index contributed by atoms with van der Waals surface area (Å²) in [6, 6.07) is 8.19. The molecule has 41 heavy (non-hydrogen) atoms. The van der Waals surface area contributed by atoms with Crippen LogP contribution < -0.4 is 20.9 Å². The zero-order chi connectivity index (χ0) is 28.7. The SMILES string of the molecule is COc1ccc(Cn2cnc3ccc(Sc4cnc(N5CCC6(CC5)CO[C@@H](I)[C@H]6N)cn4)c(Cl)c3c2=O)cc1F. The van der Waals surface area contributed by atoms with Gasteiger partial charge in [-0.1, -0.05) is 29.4 Å². The molecule has 9 nitrogen and oxygen atoms in total. The van der Waals surface area contributed by atoms with Crippen molar-refractivity contribution >= 4 is 62.7 Å². The average molecular weight is 709 g/mol. The molecule has 0 bridgehead atoms. The minimum absolute atomic E-state index is 0.0384. The largest absolute Gasteiger partial charge is 0.494 e. The Labute approximate surface area is 258 Å². The second-order valence-corrected chi connectivity index (χ2v) is 12.9. The highest BCUT2D eigenvalue weighted by Crippen LogP contribution is 2.43. The third-order valence-corrected chi connectivity index (χ3v) is 10.5. The summed E-state index contributed by atoms with van der Waals surface area (Å²) in [4.78, 5) is 29.9. The minimum Gasteiger partial charge on any atom is -0.494 e. The number of nitrogens with zero attached hydrogens (tertiary/aromatic N) is 5. The number of alkyl halides is 1. The summed E-state index contributed by atoms with van der Waals surface area (Å²) in [5.41, 5.74) is 7.24. The second-order valence-electron chi connectivity index (χ2n) is 10.3. The molecular weight excluding hydrogens is 682 g/mol. The van der Waals surface area contributed by atoms with Crippen LogP contribution in [0.3, 0.4) is 0 Å². The van der Waals surface area contributed by atoms with Crippen molar-refractivity contribution in [2.45, 2.75) is 39.5 Å². The first-order valence-electron chi connectivity index (χ1n) is 13.0. The summed E-state index contributed by atoms with van der Waals surface area (Å²) >= 11 is 10.4. The van der Waals surface area contributed by atoms with Crippen LogP contribution in [0.1, 0.15) is 18.4 Å². The van der Waals surface area contributed by atoms with E-state index < -0.39 is 5.82 Å². The smallest absolute Gasteiger partial charge is 0.263 e. The van der Waals surface area contributed by atoms with Crippen molar-refractivity contribution in [1.29, 1.82) is 0 Å². The zero-order valence-corrected chi connectivity index (χ0v) is 25.8. The Bertz CT molecular complexity index is 1650. The second kappa shape index (κ2) is 11.6. The van der Waals surface area contributed by atoms with Crippen molar-refractivity contribution in [1.82, 2.24) is 19.5 Å². The maximum absolute atomic E-state index is 14.2. The van der Waals surface area contributed by atoms with Gasteiger partial charge in [-0.25, -0.2) is 19.3 Å². The molecule has 2 atom stereocenters. The van der Waals surface area contributed by atoms with E-state index in [1.54, 1.807) is 24.5 Å². The fourth-order valence-electron chi connectivity index (χ4n) is 5.40. The van der Waals surface area contributed by atoms with E-state index in [-0.39, 0.29) is 38.4 Å². The molecule has 2 saturated heterocycles. The van der Waals surface area contributed by atoms with Crippen molar-refractivity contribution in [3.63, 3.8) is 0 Å². The van der Waals surface area contributed by atoms with E-state index in [0.717, 1.165) is 31.7 Å². The van der Waals surface area contributed by atoms with Gasteiger partial charge in [-0.05, 0) is 65.3 Å². The van der Waals surface area contributed by atoms with Crippen molar-refractivity contribution < 1.29 is 13.9 Å². The van der Waals surface area contributed by atoms with Crippen LogP contribution in [0.15, 0.2) is 63.8 Å². The number of halogens is 3. The molecule has 2 N–H and O–H groups in total. The van der Waals surface area contributed by atoms with Crippen molar-refractivity contribution in [2.24, 2.45) is 11.1 Å². The molecule has 0 saturated carbocycles. The summed E-state index contributed by atoms with van der Waals surface area (Å²) in [7, 11) is 1.40. The molecule has 214 valence electrons. The number of nitrogens with two attached hydrogens (primary N) is 1. The molecule has 2 aliphatic rings. The number of methoxy groups -OCH3 is 1.